The molecule has 0 nitrogen and oxygen atoms in total. The van der Waals surface area contributed by atoms with Crippen LogP contribution in [0.15, 0.2) is 47.6 Å². The lowest BCUT2D eigenvalue weighted by Gasteiger charge is -2.45. The van der Waals surface area contributed by atoms with E-state index in [1.165, 1.54) is 51.4 Å². The molecule has 4 rings (SSSR count). The molecule has 0 aromatic heterocycles. The zero-order chi connectivity index (χ0) is 14.4. The van der Waals surface area contributed by atoms with E-state index in [0.29, 0.717) is 5.41 Å². The van der Waals surface area contributed by atoms with Gasteiger partial charge in [0.25, 0.3) is 0 Å². The molecule has 0 amide bonds. The fraction of sp³-hybridized carbons (Fsp3) is 0.619. The second kappa shape index (κ2) is 5.00. The Kier molecular flexibility index (Phi) is 3.24. The van der Waals surface area contributed by atoms with Crippen molar-refractivity contribution in [2.24, 2.45) is 23.2 Å². The van der Waals surface area contributed by atoms with Gasteiger partial charge in [0.15, 0.2) is 0 Å². The topological polar surface area (TPSA) is 0 Å². The molecule has 0 heteroatoms. The molecule has 0 saturated heterocycles. The highest BCUT2D eigenvalue weighted by Gasteiger charge is 2.50. The van der Waals surface area contributed by atoms with Crippen molar-refractivity contribution in [2.75, 3.05) is 0 Å². The van der Waals surface area contributed by atoms with Crippen LogP contribution in [0.1, 0.15) is 58.3 Å². The van der Waals surface area contributed by atoms with Gasteiger partial charge in [-0.15, -0.1) is 6.58 Å². The first-order valence-corrected chi connectivity index (χ1v) is 8.96. The van der Waals surface area contributed by atoms with Gasteiger partial charge in [-0.1, -0.05) is 31.2 Å². The Labute approximate surface area is 129 Å². The van der Waals surface area contributed by atoms with E-state index < -0.39 is 0 Å². The van der Waals surface area contributed by atoms with Gasteiger partial charge in [0, 0.05) is 0 Å². The van der Waals surface area contributed by atoms with Gasteiger partial charge in [-0.25, -0.2) is 0 Å². The smallest absolute Gasteiger partial charge is 0.00780 e. The normalized spacial score (nSPS) is 41.2. The Balaban J connectivity index is 1.75. The minimum atomic E-state index is 0.429. The molecule has 4 atom stereocenters. The van der Waals surface area contributed by atoms with E-state index in [1.54, 1.807) is 16.7 Å². The molecule has 21 heavy (non-hydrogen) atoms. The van der Waals surface area contributed by atoms with Crippen LogP contribution < -0.4 is 0 Å². The maximum Gasteiger partial charge on any atom is -0.00780 e. The number of fused-ring (bicyclic) bond motifs is 4. The predicted octanol–water partition coefficient (Wildman–Crippen LogP) is 5.98. The summed E-state index contributed by atoms with van der Waals surface area (Å²) in [6, 6.07) is 0. The zero-order valence-corrected chi connectivity index (χ0v) is 13.4. The summed E-state index contributed by atoms with van der Waals surface area (Å²) >= 11 is 0. The number of rotatable bonds is 2. The van der Waals surface area contributed by atoms with E-state index in [-0.39, 0.29) is 0 Å². The van der Waals surface area contributed by atoms with Crippen molar-refractivity contribution in [3.63, 3.8) is 0 Å². The Morgan fingerprint density at radius 3 is 3.05 bits per heavy atom. The van der Waals surface area contributed by atoms with Gasteiger partial charge >= 0.3 is 0 Å². The van der Waals surface area contributed by atoms with Crippen molar-refractivity contribution in [1.82, 2.24) is 0 Å². The van der Waals surface area contributed by atoms with E-state index in [4.69, 9.17) is 0 Å². The predicted molar refractivity (Wildman–Crippen MR) is 90.0 cm³/mol. The third-order valence-corrected chi connectivity index (χ3v) is 6.95. The molecule has 1 unspecified atom stereocenters. The van der Waals surface area contributed by atoms with Crippen LogP contribution in [-0.2, 0) is 0 Å². The maximum absolute atomic E-state index is 3.99. The first-order valence-electron chi connectivity index (χ1n) is 8.96. The number of hydrogen-bond acceptors (Lipinski definition) is 0. The van der Waals surface area contributed by atoms with Crippen LogP contribution in [0.4, 0.5) is 0 Å². The molecule has 1 saturated carbocycles. The lowest BCUT2D eigenvalue weighted by molar-refractivity contribution is 0.165. The van der Waals surface area contributed by atoms with E-state index in [9.17, 15) is 0 Å². The van der Waals surface area contributed by atoms with Crippen LogP contribution in [0, 0.1) is 23.2 Å². The highest BCUT2D eigenvalue weighted by molar-refractivity contribution is 5.48. The Bertz CT molecular complexity index is 544. The minimum absolute atomic E-state index is 0.429. The quantitative estimate of drug-likeness (QED) is 0.546. The van der Waals surface area contributed by atoms with Crippen LogP contribution in [0.2, 0.25) is 0 Å². The average molecular weight is 280 g/mol. The Morgan fingerprint density at radius 1 is 1.29 bits per heavy atom. The summed E-state index contributed by atoms with van der Waals surface area (Å²) in [5.41, 5.74) is 5.59. The highest BCUT2D eigenvalue weighted by atomic mass is 14.5. The van der Waals surface area contributed by atoms with Gasteiger partial charge in [-0.05, 0) is 91.3 Å². The van der Waals surface area contributed by atoms with E-state index in [2.05, 4.69) is 37.8 Å². The molecule has 0 heterocycles. The summed E-state index contributed by atoms with van der Waals surface area (Å²) in [7, 11) is 0. The van der Waals surface area contributed by atoms with Crippen LogP contribution >= 0.6 is 0 Å². The van der Waals surface area contributed by atoms with Crippen LogP contribution in [0.25, 0.3) is 0 Å². The second-order valence-electron chi connectivity index (χ2n) is 7.81. The summed E-state index contributed by atoms with van der Waals surface area (Å²) in [6.45, 7) is 6.52. The fourth-order valence-corrected chi connectivity index (χ4v) is 5.80. The summed E-state index contributed by atoms with van der Waals surface area (Å²) in [6.07, 6.45) is 20.6. The molecule has 0 aromatic carbocycles. The molecule has 0 aromatic rings. The third kappa shape index (κ3) is 1.94. The van der Waals surface area contributed by atoms with Crippen LogP contribution in [0.5, 0.6) is 0 Å². The van der Waals surface area contributed by atoms with Gasteiger partial charge in [-0.2, -0.15) is 0 Å². The lowest BCUT2D eigenvalue weighted by Crippen LogP contribution is -2.36. The molecule has 0 aliphatic heterocycles. The monoisotopic (exact) mass is 280 g/mol. The molecule has 0 spiro atoms. The van der Waals surface area contributed by atoms with Gasteiger partial charge in [0.05, 0.1) is 0 Å². The summed E-state index contributed by atoms with van der Waals surface area (Å²) in [5, 5.41) is 0. The average Bonchev–Trinajstić information content (AvgIpc) is 2.84. The SMILES string of the molecule is C=CCC1CC[C@H]2[C@@H]3CCC4=CCCCC4=C3C=C[C@]12C. The summed E-state index contributed by atoms with van der Waals surface area (Å²) < 4.78 is 0. The Hall–Kier alpha value is -1.04. The van der Waals surface area contributed by atoms with Gasteiger partial charge in [0.2, 0.25) is 0 Å². The van der Waals surface area contributed by atoms with Crippen molar-refractivity contribution < 1.29 is 0 Å². The lowest BCUT2D eigenvalue weighted by atomic mass is 9.59. The molecular formula is C21H28. The molecule has 0 bridgehead atoms. The molecule has 112 valence electrons. The van der Waals surface area contributed by atoms with Crippen molar-refractivity contribution in [2.45, 2.75) is 58.3 Å². The highest BCUT2D eigenvalue weighted by Crippen LogP contribution is 2.60. The van der Waals surface area contributed by atoms with Crippen LogP contribution in [-0.4, -0.2) is 0 Å². The molecular weight excluding hydrogens is 252 g/mol. The third-order valence-electron chi connectivity index (χ3n) is 6.95. The maximum atomic E-state index is 3.99. The summed E-state index contributed by atoms with van der Waals surface area (Å²) in [5.74, 6) is 2.56. The van der Waals surface area contributed by atoms with Gasteiger partial charge < -0.3 is 0 Å². The first-order chi connectivity index (χ1) is 10.2. The zero-order valence-electron chi connectivity index (χ0n) is 13.4. The van der Waals surface area contributed by atoms with Crippen molar-refractivity contribution in [3.05, 3.63) is 47.6 Å². The molecule has 0 radical (unpaired) electrons. The molecule has 0 N–H and O–H groups in total. The van der Waals surface area contributed by atoms with Gasteiger partial charge in [0.1, 0.15) is 0 Å². The van der Waals surface area contributed by atoms with Crippen molar-refractivity contribution in [1.29, 1.82) is 0 Å². The van der Waals surface area contributed by atoms with Crippen molar-refractivity contribution in [3.8, 4) is 0 Å². The van der Waals surface area contributed by atoms with Crippen LogP contribution in [0.3, 0.4) is 0 Å². The number of hydrogen-bond donors (Lipinski definition) is 0. The minimum Gasteiger partial charge on any atom is -0.103 e. The Morgan fingerprint density at radius 2 is 2.19 bits per heavy atom. The number of allylic oxidation sites excluding steroid dienone is 7. The van der Waals surface area contributed by atoms with Crippen molar-refractivity contribution >= 4 is 0 Å². The molecule has 4 aliphatic carbocycles. The largest absolute Gasteiger partial charge is 0.103 e. The standard InChI is InChI=1S/C21H28/c1-3-6-16-10-12-20-19-11-9-15-7-4-5-8-17(15)18(19)13-14-21(16,20)2/h3,7,13-14,16,19-20H,1,4-6,8-12H2,2H3/t16?,19-,20+,21-/m1/s1. The van der Waals surface area contributed by atoms with Gasteiger partial charge in [-0.3, -0.25) is 0 Å². The fourth-order valence-electron chi connectivity index (χ4n) is 5.80. The first kappa shape index (κ1) is 13.6. The van der Waals surface area contributed by atoms with E-state index >= 15 is 0 Å². The second-order valence-corrected chi connectivity index (χ2v) is 7.81. The van der Waals surface area contributed by atoms with E-state index in [1.807, 2.05) is 0 Å². The van der Waals surface area contributed by atoms with E-state index in [0.717, 1.165) is 17.8 Å². The molecule has 1 fully saturated rings. The summed E-state index contributed by atoms with van der Waals surface area (Å²) in [4.78, 5) is 0. The molecule has 4 aliphatic rings.